The second kappa shape index (κ2) is 5.51. The Bertz CT molecular complexity index is 293. The Balaban J connectivity index is 2.02. The van der Waals surface area contributed by atoms with E-state index in [4.69, 9.17) is 10.2 Å². The summed E-state index contributed by atoms with van der Waals surface area (Å²) in [6.45, 7) is 5.22. The first-order valence-electron chi connectivity index (χ1n) is 6.31. The highest BCUT2D eigenvalue weighted by Gasteiger charge is 2.28. The Labute approximate surface area is 97.6 Å². The predicted octanol–water partition coefficient (Wildman–Crippen LogP) is 2.40. The van der Waals surface area contributed by atoms with Gasteiger partial charge >= 0.3 is 0 Å². The van der Waals surface area contributed by atoms with Gasteiger partial charge in [-0.2, -0.15) is 0 Å². The van der Waals surface area contributed by atoms with Crippen LogP contribution in [-0.4, -0.2) is 24.5 Å². The molecule has 3 nitrogen and oxygen atoms in total. The van der Waals surface area contributed by atoms with E-state index in [1.807, 2.05) is 12.3 Å². The summed E-state index contributed by atoms with van der Waals surface area (Å²) in [6, 6.07) is 2.37. The number of nitrogens with two attached hydrogens (primary N) is 1. The zero-order valence-corrected chi connectivity index (χ0v) is 10.1. The topological polar surface area (TPSA) is 42.4 Å². The average Bonchev–Trinajstić information content (AvgIpc) is 2.94. The fraction of sp³-hybridized carbons (Fsp3) is 0.692. The molecule has 1 aliphatic rings. The minimum Gasteiger partial charge on any atom is -0.472 e. The Morgan fingerprint density at radius 2 is 2.38 bits per heavy atom. The number of furan rings is 1. The van der Waals surface area contributed by atoms with Gasteiger partial charge < -0.3 is 10.2 Å². The molecule has 0 amide bonds. The molecule has 1 heterocycles. The first-order valence-corrected chi connectivity index (χ1v) is 6.31. The molecule has 1 aromatic heterocycles. The third-order valence-corrected chi connectivity index (χ3v) is 3.29. The van der Waals surface area contributed by atoms with Crippen molar-refractivity contribution in [2.45, 2.75) is 32.2 Å². The lowest BCUT2D eigenvalue weighted by Gasteiger charge is -2.30. The molecule has 1 aromatic rings. The third-order valence-electron chi connectivity index (χ3n) is 3.29. The number of nitrogens with zero attached hydrogens (tertiary/aromatic N) is 1. The van der Waals surface area contributed by atoms with Crippen LogP contribution < -0.4 is 5.73 Å². The van der Waals surface area contributed by atoms with Crippen LogP contribution in [0.25, 0.3) is 0 Å². The van der Waals surface area contributed by atoms with E-state index in [-0.39, 0.29) is 0 Å². The van der Waals surface area contributed by atoms with Gasteiger partial charge in [0.1, 0.15) is 0 Å². The van der Waals surface area contributed by atoms with E-state index < -0.39 is 0 Å². The Hall–Kier alpha value is -0.800. The van der Waals surface area contributed by atoms with Crippen molar-refractivity contribution in [3.63, 3.8) is 0 Å². The van der Waals surface area contributed by atoms with E-state index >= 15 is 0 Å². The van der Waals surface area contributed by atoms with E-state index in [0.717, 1.165) is 12.5 Å². The molecule has 0 aromatic carbocycles. The lowest BCUT2D eigenvalue weighted by molar-refractivity contribution is 0.192. The molecule has 3 heteroatoms. The van der Waals surface area contributed by atoms with E-state index in [1.165, 1.54) is 31.4 Å². The van der Waals surface area contributed by atoms with Crippen LogP contribution in [0.4, 0.5) is 0 Å². The molecular formula is C13H22N2O. The molecule has 0 radical (unpaired) electrons. The summed E-state index contributed by atoms with van der Waals surface area (Å²) in [6.07, 6.45) is 7.53. The quantitative estimate of drug-likeness (QED) is 0.770. The zero-order chi connectivity index (χ0) is 11.4. The van der Waals surface area contributed by atoms with Crippen LogP contribution in [0.1, 0.15) is 37.8 Å². The van der Waals surface area contributed by atoms with Crippen LogP contribution in [0.5, 0.6) is 0 Å². The minimum absolute atomic E-state index is 0.333. The monoisotopic (exact) mass is 222 g/mol. The van der Waals surface area contributed by atoms with Crippen LogP contribution in [0.2, 0.25) is 0 Å². The maximum atomic E-state index is 5.91. The normalized spacial score (nSPS) is 17.9. The van der Waals surface area contributed by atoms with E-state index in [0.29, 0.717) is 12.6 Å². The van der Waals surface area contributed by atoms with Crippen LogP contribution in [0, 0.1) is 5.92 Å². The second-order valence-corrected chi connectivity index (χ2v) is 4.75. The average molecular weight is 222 g/mol. The SMILES string of the molecule is CCCN(CC1CC1)C(CN)c1ccoc1. The second-order valence-electron chi connectivity index (χ2n) is 4.75. The molecule has 16 heavy (non-hydrogen) atoms. The highest BCUT2D eigenvalue weighted by Crippen LogP contribution is 2.32. The van der Waals surface area contributed by atoms with Gasteiger partial charge in [0.2, 0.25) is 0 Å². The molecule has 90 valence electrons. The molecule has 0 aliphatic heterocycles. The standard InChI is InChI=1S/C13H22N2O/c1-2-6-15(9-11-3-4-11)13(8-14)12-5-7-16-10-12/h5,7,10-11,13H,2-4,6,8-9,14H2,1H3. The molecule has 2 rings (SSSR count). The zero-order valence-electron chi connectivity index (χ0n) is 10.1. The van der Waals surface area contributed by atoms with Gasteiger partial charge in [0.05, 0.1) is 18.6 Å². The summed E-state index contributed by atoms with van der Waals surface area (Å²) >= 11 is 0. The molecule has 1 atom stereocenters. The van der Waals surface area contributed by atoms with Crippen molar-refractivity contribution in [1.29, 1.82) is 0 Å². The van der Waals surface area contributed by atoms with E-state index in [1.54, 1.807) is 6.26 Å². The lowest BCUT2D eigenvalue weighted by Crippen LogP contribution is -2.35. The van der Waals surface area contributed by atoms with Gasteiger partial charge in [0.15, 0.2) is 0 Å². The van der Waals surface area contributed by atoms with Crippen LogP contribution in [0.3, 0.4) is 0 Å². The van der Waals surface area contributed by atoms with Gasteiger partial charge in [-0.1, -0.05) is 6.92 Å². The summed E-state index contributed by atoms with van der Waals surface area (Å²) in [5, 5.41) is 0. The first kappa shape index (κ1) is 11.7. The smallest absolute Gasteiger partial charge is 0.0950 e. The third kappa shape index (κ3) is 2.86. The fourth-order valence-corrected chi connectivity index (χ4v) is 2.25. The van der Waals surface area contributed by atoms with Crippen molar-refractivity contribution in [2.75, 3.05) is 19.6 Å². The molecule has 1 saturated carbocycles. The van der Waals surface area contributed by atoms with Crippen molar-refractivity contribution in [3.05, 3.63) is 24.2 Å². The maximum absolute atomic E-state index is 5.91. The number of rotatable bonds is 7. The largest absolute Gasteiger partial charge is 0.472 e. The van der Waals surface area contributed by atoms with Gasteiger partial charge in [0, 0.05) is 18.7 Å². The van der Waals surface area contributed by atoms with Crippen LogP contribution in [-0.2, 0) is 0 Å². The van der Waals surface area contributed by atoms with Gasteiger partial charge in [-0.15, -0.1) is 0 Å². The molecule has 1 fully saturated rings. The lowest BCUT2D eigenvalue weighted by atomic mass is 10.1. The molecule has 0 saturated heterocycles. The number of hydrogen-bond donors (Lipinski definition) is 1. The summed E-state index contributed by atoms with van der Waals surface area (Å²) in [5.74, 6) is 0.910. The molecule has 1 unspecified atom stereocenters. The Morgan fingerprint density at radius 3 is 2.88 bits per heavy atom. The van der Waals surface area contributed by atoms with Crippen molar-refractivity contribution < 1.29 is 4.42 Å². The van der Waals surface area contributed by atoms with Crippen LogP contribution >= 0.6 is 0 Å². The van der Waals surface area contributed by atoms with Crippen molar-refractivity contribution in [1.82, 2.24) is 4.90 Å². The van der Waals surface area contributed by atoms with Crippen molar-refractivity contribution in [2.24, 2.45) is 11.7 Å². The van der Waals surface area contributed by atoms with E-state index in [9.17, 15) is 0 Å². The first-order chi connectivity index (χ1) is 7.85. The molecular weight excluding hydrogens is 200 g/mol. The summed E-state index contributed by atoms with van der Waals surface area (Å²) in [4.78, 5) is 2.52. The number of hydrogen-bond acceptors (Lipinski definition) is 3. The molecule has 1 aliphatic carbocycles. The minimum atomic E-state index is 0.333. The van der Waals surface area contributed by atoms with Crippen LogP contribution in [0.15, 0.2) is 23.0 Å². The Kier molecular flexibility index (Phi) is 4.02. The van der Waals surface area contributed by atoms with Gasteiger partial charge in [-0.3, -0.25) is 4.90 Å². The predicted molar refractivity (Wildman–Crippen MR) is 65.1 cm³/mol. The highest BCUT2D eigenvalue weighted by atomic mass is 16.3. The molecule has 2 N–H and O–H groups in total. The van der Waals surface area contributed by atoms with Gasteiger partial charge in [-0.25, -0.2) is 0 Å². The van der Waals surface area contributed by atoms with Gasteiger partial charge in [-0.05, 0) is 37.8 Å². The summed E-state index contributed by atoms with van der Waals surface area (Å²) in [5.41, 5.74) is 7.13. The summed E-state index contributed by atoms with van der Waals surface area (Å²) in [7, 11) is 0. The Morgan fingerprint density at radius 1 is 1.56 bits per heavy atom. The maximum Gasteiger partial charge on any atom is 0.0950 e. The summed E-state index contributed by atoms with van der Waals surface area (Å²) < 4.78 is 5.16. The fourth-order valence-electron chi connectivity index (χ4n) is 2.25. The van der Waals surface area contributed by atoms with Crippen molar-refractivity contribution >= 4 is 0 Å². The van der Waals surface area contributed by atoms with Crippen molar-refractivity contribution in [3.8, 4) is 0 Å². The highest BCUT2D eigenvalue weighted by molar-refractivity contribution is 5.12. The molecule has 0 bridgehead atoms. The van der Waals surface area contributed by atoms with Gasteiger partial charge in [0.25, 0.3) is 0 Å². The molecule has 0 spiro atoms. The van der Waals surface area contributed by atoms with E-state index in [2.05, 4.69) is 11.8 Å².